The molecule has 2 aliphatic rings. The normalized spacial score (nSPS) is 25.7. The lowest BCUT2D eigenvalue weighted by Gasteiger charge is -2.27. The number of rotatable bonds is 3. The summed E-state index contributed by atoms with van der Waals surface area (Å²) in [4.78, 5) is 0. The number of aromatic nitrogens is 4. The molecule has 4 rings (SSSR count). The van der Waals surface area contributed by atoms with Crippen LogP contribution in [-0.2, 0) is 9.47 Å². The van der Waals surface area contributed by atoms with Gasteiger partial charge in [-0.1, -0.05) is 6.07 Å². The van der Waals surface area contributed by atoms with Gasteiger partial charge in [0.1, 0.15) is 6.10 Å². The number of hydrogen-bond acceptors (Lipinski definition) is 7. The van der Waals surface area contributed by atoms with Gasteiger partial charge in [0.05, 0.1) is 24.0 Å². The first-order valence-corrected chi connectivity index (χ1v) is 9.26. The summed E-state index contributed by atoms with van der Waals surface area (Å²) in [6, 6.07) is 5.96. The molecule has 27 heavy (non-hydrogen) atoms. The number of aryl methyl sites for hydroxylation is 2. The van der Waals surface area contributed by atoms with Crippen LogP contribution < -0.4 is 11.2 Å². The number of nitrogens with zero attached hydrogens (tertiary/aromatic N) is 5. The Morgan fingerprint density at radius 1 is 1.30 bits per heavy atom. The molecule has 2 bridgehead atoms. The second kappa shape index (κ2) is 7.08. The van der Waals surface area contributed by atoms with Crippen LogP contribution in [0.15, 0.2) is 23.3 Å². The van der Waals surface area contributed by atoms with Gasteiger partial charge in [0, 0.05) is 6.42 Å². The lowest BCUT2D eigenvalue weighted by molar-refractivity contribution is -0.0324. The van der Waals surface area contributed by atoms with E-state index in [1.165, 1.54) is 0 Å². The molecule has 0 unspecified atom stereocenters. The second-order valence-electron chi connectivity index (χ2n) is 6.65. The summed E-state index contributed by atoms with van der Waals surface area (Å²) >= 11 is 10.4. The highest BCUT2D eigenvalue weighted by molar-refractivity contribution is 7.80. The van der Waals surface area contributed by atoms with Gasteiger partial charge >= 0.3 is 0 Å². The van der Waals surface area contributed by atoms with E-state index in [-0.39, 0.29) is 17.3 Å². The van der Waals surface area contributed by atoms with E-state index in [0.717, 1.165) is 16.8 Å². The molecular weight excluding hydrogens is 386 g/mol. The lowest BCUT2D eigenvalue weighted by atomic mass is 10.0. The van der Waals surface area contributed by atoms with Crippen molar-refractivity contribution >= 4 is 35.3 Å². The molecule has 1 aromatic heterocycles. The molecule has 142 valence electrons. The summed E-state index contributed by atoms with van der Waals surface area (Å²) in [5.74, 6) is 0. The Labute approximate surface area is 166 Å². The van der Waals surface area contributed by atoms with E-state index < -0.39 is 6.29 Å². The Morgan fingerprint density at radius 3 is 2.74 bits per heavy atom. The van der Waals surface area contributed by atoms with Crippen LogP contribution >= 0.6 is 24.4 Å². The van der Waals surface area contributed by atoms with Crippen LogP contribution in [0, 0.1) is 18.6 Å². The van der Waals surface area contributed by atoms with Crippen molar-refractivity contribution in [2.24, 2.45) is 10.8 Å². The van der Waals surface area contributed by atoms with Crippen LogP contribution in [0.1, 0.15) is 23.6 Å². The molecule has 1 aromatic carbocycles. The summed E-state index contributed by atoms with van der Waals surface area (Å²) in [5.41, 5.74) is 11.8. The summed E-state index contributed by atoms with van der Waals surface area (Å²) in [5, 5.41) is 12.8. The molecule has 9 nitrogen and oxygen atoms in total. The molecule has 0 spiro atoms. The van der Waals surface area contributed by atoms with Crippen molar-refractivity contribution < 1.29 is 9.47 Å². The topological polar surface area (TPSA) is 105 Å². The van der Waals surface area contributed by atoms with Crippen molar-refractivity contribution in [3.8, 4) is 5.69 Å². The minimum Gasteiger partial charge on any atom is -0.375 e. The van der Waals surface area contributed by atoms with E-state index >= 15 is 0 Å². The molecule has 3 heterocycles. The number of fused-ring (bicyclic) bond motifs is 2. The highest BCUT2D eigenvalue weighted by Gasteiger charge is 2.44. The van der Waals surface area contributed by atoms with Crippen molar-refractivity contribution in [2.75, 3.05) is 6.61 Å². The number of thiocarbonyl (C=S) groups is 1. The standard InChI is InChI=1S/C16H19N7O2S2/c1-8-3-9(2)5-10(4-8)22-16(27)23(21-20-22)12-6-11(18-19-15(17)26)14-24-7-13(12)25-14/h3-5,12-14H,6-7H2,1-2H3,(H3,17,19,26)/b18-11+/t12-,13-,14-/m0/s1. The van der Waals surface area contributed by atoms with E-state index in [1.807, 2.05) is 26.0 Å². The molecule has 0 amide bonds. The van der Waals surface area contributed by atoms with Crippen LogP contribution in [0.5, 0.6) is 0 Å². The van der Waals surface area contributed by atoms with E-state index in [0.29, 0.717) is 23.5 Å². The maximum Gasteiger partial charge on any atom is 0.221 e. The van der Waals surface area contributed by atoms with Crippen LogP contribution in [0.25, 0.3) is 5.69 Å². The monoisotopic (exact) mass is 405 g/mol. The lowest BCUT2D eigenvalue weighted by Crippen LogP contribution is -2.39. The molecule has 0 radical (unpaired) electrons. The maximum absolute atomic E-state index is 5.90. The number of hydrazone groups is 1. The fourth-order valence-electron chi connectivity index (χ4n) is 3.41. The zero-order chi connectivity index (χ0) is 19.1. The number of tetrazole rings is 1. The van der Waals surface area contributed by atoms with Gasteiger partial charge in [-0.05, 0) is 72.0 Å². The molecule has 3 atom stereocenters. The van der Waals surface area contributed by atoms with Gasteiger partial charge in [0.25, 0.3) is 0 Å². The fraction of sp³-hybridized carbons (Fsp3) is 0.438. The van der Waals surface area contributed by atoms with E-state index in [2.05, 4.69) is 27.0 Å². The van der Waals surface area contributed by atoms with Crippen LogP contribution in [0.3, 0.4) is 0 Å². The predicted molar refractivity (Wildman–Crippen MR) is 105 cm³/mol. The molecule has 2 fully saturated rings. The highest BCUT2D eigenvalue weighted by atomic mass is 32.1. The number of nitrogens with two attached hydrogens (primary N) is 1. The van der Waals surface area contributed by atoms with Gasteiger partial charge in [0.15, 0.2) is 11.4 Å². The number of ether oxygens (including phenoxy) is 2. The van der Waals surface area contributed by atoms with Crippen molar-refractivity contribution in [1.29, 1.82) is 0 Å². The van der Waals surface area contributed by atoms with Gasteiger partial charge in [-0.15, -0.1) is 0 Å². The zero-order valence-corrected chi connectivity index (χ0v) is 16.5. The third-order valence-electron chi connectivity index (χ3n) is 4.51. The summed E-state index contributed by atoms with van der Waals surface area (Å²) in [6.45, 7) is 4.50. The molecule has 11 heteroatoms. The van der Waals surface area contributed by atoms with Crippen molar-refractivity contribution in [2.45, 2.75) is 38.7 Å². The second-order valence-corrected chi connectivity index (χ2v) is 7.46. The molecule has 2 aromatic rings. The van der Waals surface area contributed by atoms with Gasteiger partial charge in [0.2, 0.25) is 4.77 Å². The van der Waals surface area contributed by atoms with E-state index in [9.17, 15) is 0 Å². The molecule has 0 saturated carbocycles. The molecule has 3 N–H and O–H groups in total. The molecule has 0 aliphatic carbocycles. The SMILES string of the molecule is Cc1cc(C)cc(-n2nnn([C@H]3C/C(=N\NC(N)=S)[C@H]4OC[C@@H]3O4)c2=S)c1. The number of benzene rings is 1. The molecule has 2 saturated heterocycles. The average molecular weight is 406 g/mol. The zero-order valence-electron chi connectivity index (χ0n) is 14.8. The fourth-order valence-corrected chi connectivity index (χ4v) is 3.77. The van der Waals surface area contributed by atoms with Crippen LogP contribution in [0.2, 0.25) is 0 Å². The summed E-state index contributed by atoms with van der Waals surface area (Å²) in [7, 11) is 0. The Kier molecular flexibility index (Phi) is 4.76. The highest BCUT2D eigenvalue weighted by Crippen LogP contribution is 2.33. The van der Waals surface area contributed by atoms with Crippen molar-refractivity contribution in [1.82, 2.24) is 25.2 Å². The van der Waals surface area contributed by atoms with Gasteiger partial charge in [-0.2, -0.15) is 9.78 Å². The summed E-state index contributed by atoms with van der Waals surface area (Å²) < 4.78 is 15.4. The third kappa shape index (κ3) is 3.50. The smallest absolute Gasteiger partial charge is 0.221 e. The maximum atomic E-state index is 5.90. The Morgan fingerprint density at radius 2 is 2.04 bits per heavy atom. The number of hydrogen-bond donors (Lipinski definition) is 2. The Hall–Kier alpha value is -2.21. The largest absolute Gasteiger partial charge is 0.375 e. The minimum atomic E-state index is -0.503. The summed E-state index contributed by atoms with van der Waals surface area (Å²) in [6.07, 6.45) is -0.128. The van der Waals surface area contributed by atoms with E-state index in [4.69, 9.17) is 39.6 Å². The first kappa shape index (κ1) is 18.2. The minimum absolute atomic E-state index is 0.0801. The van der Waals surface area contributed by atoms with E-state index in [1.54, 1.807) is 9.36 Å². The van der Waals surface area contributed by atoms with Crippen molar-refractivity contribution in [3.63, 3.8) is 0 Å². The molecular formula is C16H19N7O2S2. The van der Waals surface area contributed by atoms with Crippen LogP contribution in [-0.4, -0.2) is 49.6 Å². The quantitative estimate of drug-likeness (QED) is 0.581. The van der Waals surface area contributed by atoms with Gasteiger partial charge < -0.3 is 15.2 Å². The first-order valence-electron chi connectivity index (χ1n) is 8.44. The predicted octanol–water partition coefficient (Wildman–Crippen LogP) is 1.29. The first-order chi connectivity index (χ1) is 12.9. The number of nitrogens with one attached hydrogen (secondary N) is 1. The molecule has 2 aliphatic heterocycles. The Balaban J connectivity index is 1.67. The Bertz CT molecular complexity index is 963. The van der Waals surface area contributed by atoms with Crippen LogP contribution in [0.4, 0.5) is 0 Å². The van der Waals surface area contributed by atoms with Gasteiger partial charge in [-0.25, -0.2) is 4.68 Å². The van der Waals surface area contributed by atoms with Gasteiger partial charge in [-0.3, -0.25) is 5.43 Å². The van der Waals surface area contributed by atoms with Crippen molar-refractivity contribution in [3.05, 3.63) is 34.1 Å². The third-order valence-corrected chi connectivity index (χ3v) is 4.96. The average Bonchev–Trinajstić information content (AvgIpc) is 3.18.